The van der Waals surface area contributed by atoms with Crippen LogP contribution in [-0.4, -0.2) is 61.6 Å². The monoisotopic (exact) mass is 637 g/mol. The second kappa shape index (κ2) is 17.6. The minimum absolute atomic E-state index is 0.209. The molecule has 0 aliphatic carbocycles. The van der Waals surface area contributed by atoms with E-state index in [9.17, 15) is 13.2 Å². The van der Waals surface area contributed by atoms with Crippen molar-refractivity contribution in [3.63, 3.8) is 0 Å². The van der Waals surface area contributed by atoms with Gasteiger partial charge in [-0.05, 0) is 118 Å². The van der Waals surface area contributed by atoms with Crippen LogP contribution in [-0.2, 0) is 16.0 Å². The highest BCUT2D eigenvalue weighted by Crippen LogP contribution is 2.47. The highest BCUT2D eigenvalue weighted by Gasteiger charge is 2.31. The molecule has 0 radical (unpaired) electrons. The Bertz CT molecular complexity index is 1370. The Morgan fingerprint density at radius 3 is 2.00 bits per heavy atom. The average Bonchev–Trinajstić information content (AvgIpc) is 2.98. The van der Waals surface area contributed by atoms with Gasteiger partial charge in [-0.1, -0.05) is 18.2 Å². The summed E-state index contributed by atoms with van der Waals surface area (Å²) >= 11 is 0. The fraction of sp³-hybridized carbons (Fsp3) is 0.441. The van der Waals surface area contributed by atoms with Gasteiger partial charge in [-0.25, -0.2) is 0 Å². The van der Waals surface area contributed by atoms with Crippen LogP contribution in [0, 0.1) is 13.8 Å². The minimum atomic E-state index is -4.74. The van der Waals surface area contributed by atoms with Crippen molar-refractivity contribution in [3.8, 4) is 33.8 Å². The molecule has 3 aromatic carbocycles. The molecule has 1 atom stereocenters. The summed E-state index contributed by atoms with van der Waals surface area (Å²) in [7, 11) is 3.86. The van der Waals surface area contributed by atoms with Gasteiger partial charge in [0.05, 0.1) is 18.3 Å². The van der Waals surface area contributed by atoms with Crippen LogP contribution in [0.25, 0.3) is 22.3 Å². The number of anilines is 1. The first-order valence-electron chi connectivity index (χ1n) is 14.3. The molecule has 45 heavy (non-hydrogen) atoms. The van der Waals surface area contributed by atoms with Crippen molar-refractivity contribution in [2.24, 2.45) is 0 Å². The number of halogens is 3. The molecule has 0 bridgehead atoms. The van der Waals surface area contributed by atoms with Crippen molar-refractivity contribution in [2.75, 3.05) is 33.2 Å². The molecule has 0 saturated carbocycles. The number of aliphatic hydroxyl groups is 2. The molecule has 0 aromatic heterocycles. The van der Waals surface area contributed by atoms with Crippen molar-refractivity contribution in [2.45, 2.75) is 72.5 Å². The smallest absolute Gasteiger partial charge is 0.493 e. The molecule has 0 saturated heterocycles. The quantitative estimate of drug-likeness (QED) is 0.203. The summed E-state index contributed by atoms with van der Waals surface area (Å²) in [5.41, 5.74) is 8.72. The van der Waals surface area contributed by atoms with Gasteiger partial charge < -0.3 is 34.8 Å². The standard InChI is InChI=1S/C31H36F3NO3.CH2O2.2CH4O/c1-18-27(23-12-15-25-22(17-23)9-8-16-36-25)26(20(3)37-30(4,5)6)19(2)29(35-7)28(18)21-10-13-24(14-11-21)38-31(32,33)34;2-1-3;2*1-2/h10-15,17,20,35H,8-9,16H2,1-7H3;1H,(H,2,3);2*2H,1H3. The number of nitrogens with one attached hydrogen (secondary N) is 1. The molecule has 1 aliphatic rings. The van der Waals surface area contributed by atoms with E-state index in [0.29, 0.717) is 0 Å². The summed E-state index contributed by atoms with van der Waals surface area (Å²) in [4.78, 5) is 8.36. The molecule has 0 spiro atoms. The molecule has 8 nitrogen and oxygen atoms in total. The number of carbonyl (C=O) groups is 1. The fourth-order valence-corrected chi connectivity index (χ4v) is 5.51. The van der Waals surface area contributed by atoms with Gasteiger partial charge in [0.25, 0.3) is 6.47 Å². The highest BCUT2D eigenvalue weighted by atomic mass is 19.4. The van der Waals surface area contributed by atoms with E-state index >= 15 is 0 Å². The maximum absolute atomic E-state index is 12.7. The Kier molecular flexibility index (Phi) is 15.4. The van der Waals surface area contributed by atoms with Gasteiger partial charge in [0, 0.05) is 32.5 Å². The number of benzene rings is 3. The Balaban J connectivity index is 0.00000134. The molecule has 250 valence electrons. The third kappa shape index (κ3) is 10.7. The second-order valence-corrected chi connectivity index (χ2v) is 10.9. The molecule has 1 unspecified atom stereocenters. The lowest BCUT2D eigenvalue weighted by Gasteiger charge is -2.31. The maximum Gasteiger partial charge on any atom is 0.573 e. The summed E-state index contributed by atoms with van der Waals surface area (Å²) in [5.74, 6) is 0.669. The lowest BCUT2D eigenvalue weighted by Crippen LogP contribution is -2.22. The van der Waals surface area contributed by atoms with Gasteiger partial charge in [0.2, 0.25) is 0 Å². The van der Waals surface area contributed by atoms with Crippen LogP contribution in [0.3, 0.4) is 0 Å². The van der Waals surface area contributed by atoms with Crippen LogP contribution in [0.5, 0.6) is 11.5 Å². The number of ether oxygens (including phenoxy) is 3. The molecule has 4 rings (SSSR count). The first-order chi connectivity index (χ1) is 21.2. The molecule has 4 N–H and O–H groups in total. The van der Waals surface area contributed by atoms with Crippen LogP contribution in [0.1, 0.15) is 62.5 Å². The summed E-state index contributed by atoms with van der Waals surface area (Å²) in [6, 6.07) is 12.4. The number of rotatable bonds is 6. The summed E-state index contributed by atoms with van der Waals surface area (Å²) in [6.07, 6.45) is -3.02. The third-order valence-corrected chi connectivity index (χ3v) is 6.81. The first kappa shape index (κ1) is 39.2. The van der Waals surface area contributed by atoms with Crippen LogP contribution >= 0.6 is 0 Å². The van der Waals surface area contributed by atoms with Crippen LogP contribution in [0.4, 0.5) is 18.9 Å². The van der Waals surface area contributed by atoms with Gasteiger partial charge in [0.15, 0.2) is 0 Å². The van der Waals surface area contributed by atoms with E-state index in [1.807, 2.05) is 33.9 Å². The number of aryl methyl sites for hydroxylation is 1. The highest BCUT2D eigenvalue weighted by molar-refractivity contribution is 5.92. The van der Waals surface area contributed by atoms with E-state index < -0.39 is 6.36 Å². The summed E-state index contributed by atoms with van der Waals surface area (Å²) in [5, 5.41) is 24.2. The van der Waals surface area contributed by atoms with E-state index in [-0.39, 0.29) is 23.9 Å². The van der Waals surface area contributed by atoms with E-state index in [1.165, 1.54) is 17.7 Å². The molecular formula is C34H46F3NO7. The van der Waals surface area contributed by atoms with Crippen LogP contribution in [0.15, 0.2) is 42.5 Å². The zero-order valence-electron chi connectivity index (χ0n) is 27.4. The molecule has 0 amide bonds. The van der Waals surface area contributed by atoms with Crippen molar-refractivity contribution in [1.82, 2.24) is 0 Å². The van der Waals surface area contributed by atoms with Crippen molar-refractivity contribution < 1.29 is 47.5 Å². The van der Waals surface area contributed by atoms with Gasteiger partial charge in [0.1, 0.15) is 11.5 Å². The zero-order valence-corrected chi connectivity index (χ0v) is 27.4. The molecule has 11 heteroatoms. The van der Waals surface area contributed by atoms with Crippen LogP contribution in [0.2, 0.25) is 0 Å². The number of hydrogen-bond donors (Lipinski definition) is 4. The van der Waals surface area contributed by atoms with E-state index in [0.717, 1.165) is 84.0 Å². The second-order valence-electron chi connectivity index (χ2n) is 10.9. The largest absolute Gasteiger partial charge is 0.573 e. The average molecular weight is 638 g/mol. The lowest BCUT2D eigenvalue weighted by molar-refractivity contribution is -0.274. The van der Waals surface area contributed by atoms with Crippen molar-refractivity contribution >= 4 is 12.2 Å². The van der Waals surface area contributed by atoms with Gasteiger partial charge >= 0.3 is 6.36 Å². The molecule has 1 aliphatic heterocycles. The Hall–Kier alpha value is -3.80. The number of hydrogen-bond acceptors (Lipinski definition) is 7. The lowest BCUT2D eigenvalue weighted by atomic mass is 9.82. The maximum atomic E-state index is 12.7. The van der Waals surface area contributed by atoms with E-state index in [2.05, 4.69) is 43.0 Å². The van der Waals surface area contributed by atoms with Crippen molar-refractivity contribution in [3.05, 3.63) is 64.7 Å². The molecule has 0 fully saturated rings. The van der Waals surface area contributed by atoms with E-state index in [4.69, 9.17) is 29.6 Å². The Labute approximate surface area is 263 Å². The number of carboxylic acid groups (broad SMARTS) is 1. The summed E-state index contributed by atoms with van der Waals surface area (Å²) < 4.78 is 54.7. The topological polar surface area (TPSA) is 117 Å². The number of aliphatic hydroxyl groups excluding tert-OH is 2. The number of fused-ring (bicyclic) bond motifs is 1. The predicted octanol–water partition coefficient (Wildman–Crippen LogP) is 7.70. The first-order valence-corrected chi connectivity index (χ1v) is 14.3. The van der Waals surface area contributed by atoms with Gasteiger partial charge in [-0.2, -0.15) is 0 Å². The molecular weight excluding hydrogens is 591 g/mol. The van der Waals surface area contributed by atoms with Crippen molar-refractivity contribution in [1.29, 1.82) is 0 Å². The summed E-state index contributed by atoms with van der Waals surface area (Å²) in [6.45, 7) is 12.8. The molecule has 1 heterocycles. The predicted molar refractivity (Wildman–Crippen MR) is 171 cm³/mol. The number of alkyl halides is 3. The van der Waals surface area contributed by atoms with E-state index in [1.54, 1.807) is 12.1 Å². The third-order valence-electron chi connectivity index (χ3n) is 6.81. The fourth-order valence-electron chi connectivity index (χ4n) is 5.51. The van der Waals surface area contributed by atoms with Gasteiger partial charge in [-0.3, -0.25) is 4.79 Å². The Morgan fingerprint density at radius 1 is 0.933 bits per heavy atom. The minimum Gasteiger partial charge on any atom is -0.493 e. The van der Waals surface area contributed by atoms with Crippen LogP contribution < -0.4 is 14.8 Å². The van der Waals surface area contributed by atoms with Gasteiger partial charge in [-0.15, -0.1) is 13.2 Å². The Morgan fingerprint density at radius 2 is 1.49 bits per heavy atom. The SMILES string of the molecule is CNc1c(C)c(C(C)OC(C)(C)C)c(-c2ccc3c(c2)CCCO3)c(C)c1-c1ccc(OC(F)(F)F)cc1.CO.CO.O=CO. The molecule has 3 aromatic rings. The zero-order chi connectivity index (χ0) is 34.5. The normalized spacial score (nSPS) is 12.8.